The Morgan fingerprint density at radius 1 is 1.55 bits per heavy atom. The van der Waals surface area contributed by atoms with Gasteiger partial charge in [-0.3, -0.25) is 0 Å². The molecule has 0 saturated carbocycles. The average molecular weight is 339 g/mol. The number of hydrogen-bond acceptors (Lipinski definition) is 4. The smallest absolute Gasteiger partial charge is 0.337 e. The van der Waals surface area contributed by atoms with E-state index in [1.807, 2.05) is 0 Å². The molecule has 0 amide bonds. The van der Waals surface area contributed by atoms with Crippen LogP contribution in [0.4, 0.5) is 0 Å². The van der Waals surface area contributed by atoms with Crippen molar-refractivity contribution < 1.29 is 14.3 Å². The van der Waals surface area contributed by atoms with Gasteiger partial charge in [-0.1, -0.05) is 0 Å². The Bertz CT molecular complexity index is 681. The van der Waals surface area contributed by atoms with Crippen LogP contribution in [0.2, 0.25) is 0 Å². The first kappa shape index (κ1) is 13.6. The van der Waals surface area contributed by atoms with Gasteiger partial charge in [0, 0.05) is 17.1 Å². The van der Waals surface area contributed by atoms with E-state index in [1.165, 1.54) is 7.11 Å². The van der Waals surface area contributed by atoms with Crippen LogP contribution in [-0.2, 0) is 16.1 Å². The highest BCUT2D eigenvalue weighted by molar-refractivity contribution is 9.10. The maximum atomic E-state index is 11.7. The monoisotopic (exact) mass is 338 g/mol. The molecule has 20 heavy (non-hydrogen) atoms. The second-order valence-corrected chi connectivity index (χ2v) is 5.76. The topological polar surface area (TPSA) is 53.3 Å². The van der Waals surface area contributed by atoms with Gasteiger partial charge in [-0.25, -0.2) is 9.78 Å². The molecule has 106 valence electrons. The molecule has 2 aromatic rings. The van der Waals surface area contributed by atoms with Gasteiger partial charge in [-0.15, -0.1) is 0 Å². The molecule has 6 heteroatoms. The van der Waals surface area contributed by atoms with Gasteiger partial charge < -0.3 is 14.0 Å². The number of carbonyl (C=O) groups is 1. The van der Waals surface area contributed by atoms with E-state index in [0.717, 1.165) is 34.4 Å². The van der Waals surface area contributed by atoms with E-state index in [1.54, 1.807) is 12.1 Å². The molecular formula is C14H15BrN2O3. The summed E-state index contributed by atoms with van der Waals surface area (Å²) >= 11 is 3.55. The highest BCUT2D eigenvalue weighted by atomic mass is 79.9. The van der Waals surface area contributed by atoms with Gasteiger partial charge in [0.15, 0.2) is 0 Å². The van der Waals surface area contributed by atoms with Gasteiger partial charge in [0.2, 0.25) is 0 Å². The molecular weight excluding hydrogens is 324 g/mol. The third kappa shape index (κ3) is 2.13. The lowest BCUT2D eigenvalue weighted by molar-refractivity contribution is 0.0601. The molecule has 1 aliphatic heterocycles. The fourth-order valence-corrected chi connectivity index (χ4v) is 3.23. The second kappa shape index (κ2) is 5.18. The first-order valence-corrected chi connectivity index (χ1v) is 7.27. The summed E-state index contributed by atoms with van der Waals surface area (Å²) < 4.78 is 13.4. The van der Waals surface area contributed by atoms with Crippen molar-refractivity contribution in [2.75, 3.05) is 13.7 Å². The Hall–Kier alpha value is -1.40. The maximum absolute atomic E-state index is 11.7. The normalized spacial score (nSPS) is 18.6. The molecule has 0 unspecified atom stereocenters. The third-order valence-corrected chi connectivity index (χ3v) is 4.19. The number of benzene rings is 1. The number of aromatic nitrogens is 2. The second-order valence-electron chi connectivity index (χ2n) is 4.91. The summed E-state index contributed by atoms with van der Waals surface area (Å²) in [5, 5.41) is 0. The first-order valence-electron chi connectivity index (χ1n) is 6.48. The minimum absolute atomic E-state index is 0.317. The quantitative estimate of drug-likeness (QED) is 0.750. The van der Waals surface area contributed by atoms with Crippen LogP contribution in [0.25, 0.3) is 11.0 Å². The van der Waals surface area contributed by atoms with Crippen molar-refractivity contribution in [3.63, 3.8) is 0 Å². The van der Waals surface area contributed by atoms with Crippen LogP contribution in [0.5, 0.6) is 0 Å². The molecule has 0 spiro atoms. The molecule has 0 N–H and O–H groups in total. The summed E-state index contributed by atoms with van der Waals surface area (Å²) in [5.41, 5.74) is 2.28. The summed E-state index contributed by atoms with van der Waals surface area (Å²) in [5.74, 6) is 0.535. The Morgan fingerprint density at radius 2 is 2.35 bits per heavy atom. The molecule has 0 aliphatic carbocycles. The number of methoxy groups -OCH3 is 1. The Balaban J connectivity index is 2.23. The van der Waals surface area contributed by atoms with Gasteiger partial charge in [-0.2, -0.15) is 0 Å². The fraction of sp³-hybridized carbons (Fsp3) is 0.429. The molecule has 1 aromatic carbocycles. The lowest BCUT2D eigenvalue weighted by Gasteiger charge is -2.14. The molecule has 1 aliphatic rings. The zero-order valence-electron chi connectivity index (χ0n) is 11.4. The van der Waals surface area contributed by atoms with E-state index in [0.29, 0.717) is 18.2 Å². The van der Waals surface area contributed by atoms with Gasteiger partial charge in [0.25, 0.3) is 0 Å². The SMILES string of the molecule is COC(=O)c1cc(Br)c2c(c1)nc1n2[C@H](C)CCOC1. The van der Waals surface area contributed by atoms with Crippen molar-refractivity contribution >= 4 is 32.9 Å². The number of fused-ring (bicyclic) bond motifs is 3. The number of hydrogen-bond donors (Lipinski definition) is 0. The number of ether oxygens (including phenoxy) is 2. The summed E-state index contributed by atoms with van der Waals surface area (Å²) in [7, 11) is 1.37. The zero-order valence-corrected chi connectivity index (χ0v) is 12.9. The molecule has 1 aromatic heterocycles. The number of nitrogens with zero attached hydrogens (tertiary/aromatic N) is 2. The minimum Gasteiger partial charge on any atom is -0.465 e. The summed E-state index contributed by atoms with van der Waals surface area (Å²) in [4.78, 5) is 16.3. The minimum atomic E-state index is -0.361. The van der Waals surface area contributed by atoms with Gasteiger partial charge in [0.05, 0.1) is 23.7 Å². The number of imidazole rings is 1. The van der Waals surface area contributed by atoms with E-state index >= 15 is 0 Å². The van der Waals surface area contributed by atoms with Crippen LogP contribution in [0.1, 0.15) is 35.6 Å². The Labute approximate surface area is 125 Å². The van der Waals surface area contributed by atoms with Crippen molar-refractivity contribution in [3.05, 3.63) is 28.0 Å². The summed E-state index contributed by atoms with van der Waals surface area (Å²) in [6, 6.07) is 3.86. The van der Waals surface area contributed by atoms with E-state index in [-0.39, 0.29) is 5.97 Å². The number of esters is 1. The van der Waals surface area contributed by atoms with E-state index in [4.69, 9.17) is 9.47 Å². The number of rotatable bonds is 1. The molecule has 5 nitrogen and oxygen atoms in total. The van der Waals surface area contributed by atoms with Crippen molar-refractivity contribution in [2.45, 2.75) is 26.0 Å². The Kier molecular flexibility index (Phi) is 3.52. The standard InChI is InChI=1S/C14H15BrN2O3/c1-8-3-4-20-7-12-16-11-6-9(14(18)19-2)5-10(15)13(11)17(8)12/h5-6,8H,3-4,7H2,1-2H3/t8-/m1/s1. The average Bonchev–Trinajstić information content (AvgIpc) is 2.72. The van der Waals surface area contributed by atoms with Crippen molar-refractivity contribution in [3.8, 4) is 0 Å². The van der Waals surface area contributed by atoms with E-state index in [9.17, 15) is 4.79 Å². The highest BCUT2D eigenvalue weighted by Crippen LogP contribution is 2.32. The van der Waals surface area contributed by atoms with Crippen LogP contribution in [-0.4, -0.2) is 29.2 Å². The van der Waals surface area contributed by atoms with Crippen LogP contribution in [0.3, 0.4) is 0 Å². The lowest BCUT2D eigenvalue weighted by Crippen LogP contribution is -2.07. The Morgan fingerprint density at radius 3 is 3.10 bits per heavy atom. The predicted octanol–water partition coefficient (Wildman–Crippen LogP) is 3.07. The van der Waals surface area contributed by atoms with Crippen LogP contribution >= 0.6 is 15.9 Å². The molecule has 0 saturated heterocycles. The fourth-order valence-electron chi connectivity index (χ4n) is 2.59. The van der Waals surface area contributed by atoms with Gasteiger partial charge >= 0.3 is 5.97 Å². The van der Waals surface area contributed by atoms with Crippen LogP contribution in [0.15, 0.2) is 16.6 Å². The summed E-state index contributed by atoms with van der Waals surface area (Å²) in [6.07, 6.45) is 0.948. The molecule has 0 bridgehead atoms. The largest absolute Gasteiger partial charge is 0.465 e. The van der Waals surface area contributed by atoms with Crippen LogP contribution in [0, 0.1) is 0 Å². The zero-order chi connectivity index (χ0) is 14.3. The molecule has 2 heterocycles. The van der Waals surface area contributed by atoms with E-state index < -0.39 is 0 Å². The van der Waals surface area contributed by atoms with Gasteiger partial charge in [-0.05, 0) is 41.4 Å². The lowest BCUT2D eigenvalue weighted by atomic mass is 10.2. The number of carbonyl (C=O) groups excluding carboxylic acids is 1. The van der Waals surface area contributed by atoms with Crippen molar-refractivity contribution in [1.29, 1.82) is 0 Å². The molecule has 0 radical (unpaired) electrons. The van der Waals surface area contributed by atoms with Gasteiger partial charge in [0.1, 0.15) is 12.4 Å². The molecule has 1 atom stereocenters. The predicted molar refractivity (Wildman–Crippen MR) is 77.8 cm³/mol. The first-order chi connectivity index (χ1) is 9.61. The molecule has 3 rings (SSSR count). The van der Waals surface area contributed by atoms with Crippen molar-refractivity contribution in [1.82, 2.24) is 9.55 Å². The van der Waals surface area contributed by atoms with Crippen molar-refractivity contribution in [2.24, 2.45) is 0 Å². The molecule has 0 fully saturated rings. The van der Waals surface area contributed by atoms with Crippen LogP contribution < -0.4 is 0 Å². The van der Waals surface area contributed by atoms with E-state index in [2.05, 4.69) is 32.4 Å². The summed E-state index contributed by atoms with van der Waals surface area (Å²) in [6.45, 7) is 3.39. The maximum Gasteiger partial charge on any atom is 0.337 e. The third-order valence-electron chi connectivity index (χ3n) is 3.58. The highest BCUT2D eigenvalue weighted by Gasteiger charge is 2.22. The number of halogens is 1.